The molecule has 0 radical (unpaired) electrons. The molecule has 1 amide bonds. The smallest absolute Gasteiger partial charge is 0.281 e. The number of halogens is 1. The number of nitrogens with one attached hydrogen (secondary N) is 2. The third-order valence-electron chi connectivity index (χ3n) is 3.42. The summed E-state index contributed by atoms with van der Waals surface area (Å²) < 4.78 is 6.23. The van der Waals surface area contributed by atoms with E-state index >= 15 is 0 Å². The number of likely N-dealkylation sites (N-methyl/N-ethyl adjacent to an activating group) is 1. The summed E-state index contributed by atoms with van der Waals surface area (Å²) in [5.41, 5.74) is 1.91. The maximum Gasteiger partial charge on any atom is 0.281 e. The summed E-state index contributed by atoms with van der Waals surface area (Å²) in [5, 5.41) is 6.76. The van der Waals surface area contributed by atoms with Crippen LogP contribution in [0.4, 0.5) is 5.88 Å². The predicted octanol–water partition coefficient (Wildman–Crippen LogP) is 2.39. The van der Waals surface area contributed by atoms with Gasteiger partial charge in [-0.1, -0.05) is 54.0 Å². The zero-order chi connectivity index (χ0) is 17.0. The molecule has 1 heterocycles. The molecule has 1 unspecified atom stereocenters. The van der Waals surface area contributed by atoms with Gasteiger partial charge in [0.1, 0.15) is 6.54 Å². The van der Waals surface area contributed by atoms with Crippen LogP contribution in [0.1, 0.15) is 32.0 Å². The second-order valence-electron chi connectivity index (χ2n) is 6.81. The van der Waals surface area contributed by atoms with Gasteiger partial charge in [0.05, 0.1) is 12.7 Å². The minimum atomic E-state index is -0.101. The summed E-state index contributed by atoms with van der Waals surface area (Å²) in [6.45, 7) is 7.29. The summed E-state index contributed by atoms with van der Waals surface area (Å²) in [6.07, 6.45) is 0. The zero-order valence-corrected chi connectivity index (χ0v) is 15.5. The van der Waals surface area contributed by atoms with Crippen molar-refractivity contribution in [2.24, 2.45) is 0 Å². The van der Waals surface area contributed by atoms with Crippen molar-refractivity contribution in [2.45, 2.75) is 32.7 Å². The van der Waals surface area contributed by atoms with Crippen LogP contribution in [0.15, 0.2) is 39.3 Å². The van der Waals surface area contributed by atoms with Crippen LogP contribution in [0.25, 0.3) is 0 Å². The summed E-state index contributed by atoms with van der Waals surface area (Å²) in [6, 6.07) is 9.90. The van der Waals surface area contributed by atoms with E-state index in [1.165, 1.54) is 5.56 Å². The average Bonchev–Trinajstić information content (AvgIpc) is 2.89. The molecule has 0 saturated carbocycles. The summed E-state index contributed by atoms with van der Waals surface area (Å²) in [4.78, 5) is 13.2. The molecule has 0 fully saturated rings. The lowest BCUT2D eigenvalue weighted by molar-refractivity contribution is -0.885. The fourth-order valence-corrected chi connectivity index (χ4v) is 2.42. The van der Waals surface area contributed by atoms with E-state index in [0.717, 1.165) is 21.6 Å². The molecule has 124 valence electrons. The maximum atomic E-state index is 12.1. The standard InChI is InChI=1S/C17H22BrN3O2/c1-17(2,3)14-9-16(23-20-14)19-15(22)11-21(4)10-12-5-7-13(18)8-6-12/h5-9H,10-11H2,1-4H3,(H,19,22)/p+1. The van der Waals surface area contributed by atoms with Gasteiger partial charge >= 0.3 is 0 Å². The largest absolute Gasteiger partial charge is 0.338 e. The summed E-state index contributed by atoms with van der Waals surface area (Å²) in [7, 11) is 1.99. The lowest BCUT2D eigenvalue weighted by atomic mass is 9.92. The quantitative estimate of drug-likeness (QED) is 0.836. The second kappa shape index (κ2) is 7.27. The highest BCUT2D eigenvalue weighted by atomic mass is 79.9. The van der Waals surface area contributed by atoms with Crippen molar-refractivity contribution in [3.63, 3.8) is 0 Å². The highest BCUT2D eigenvalue weighted by Crippen LogP contribution is 2.23. The number of nitrogens with zero attached hydrogens (tertiary/aromatic N) is 1. The van der Waals surface area contributed by atoms with Crippen molar-refractivity contribution >= 4 is 27.7 Å². The van der Waals surface area contributed by atoms with E-state index in [9.17, 15) is 4.79 Å². The predicted molar refractivity (Wildman–Crippen MR) is 93.4 cm³/mol. The molecule has 1 atom stereocenters. The first-order valence-electron chi connectivity index (χ1n) is 7.57. The van der Waals surface area contributed by atoms with Crippen molar-refractivity contribution in [1.82, 2.24) is 5.16 Å². The Morgan fingerprint density at radius 3 is 2.52 bits per heavy atom. The van der Waals surface area contributed by atoms with Crippen molar-refractivity contribution < 1.29 is 14.2 Å². The van der Waals surface area contributed by atoms with Crippen LogP contribution in [0.3, 0.4) is 0 Å². The molecule has 1 aromatic carbocycles. The van der Waals surface area contributed by atoms with Crippen LogP contribution in [0.5, 0.6) is 0 Å². The topological polar surface area (TPSA) is 59.6 Å². The number of hydrogen-bond acceptors (Lipinski definition) is 3. The van der Waals surface area contributed by atoms with Crippen LogP contribution >= 0.6 is 15.9 Å². The highest BCUT2D eigenvalue weighted by molar-refractivity contribution is 9.10. The molecule has 0 bridgehead atoms. The van der Waals surface area contributed by atoms with E-state index in [1.807, 2.05) is 40.0 Å². The number of carbonyl (C=O) groups is 1. The van der Waals surface area contributed by atoms with Gasteiger partial charge in [0.15, 0.2) is 6.54 Å². The fraction of sp³-hybridized carbons (Fsp3) is 0.412. The summed E-state index contributed by atoms with van der Waals surface area (Å²) >= 11 is 3.42. The Labute approximate surface area is 145 Å². The van der Waals surface area contributed by atoms with Gasteiger partial charge in [-0.25, -0.2) is 0 Å². The third kappa shape index (κ3) is 5.48. The minimum absolute atomic E-state index is 0.0868. The van der Waals surface area contributed by atoms with E-state index in [-0.39, 0.29) is 11.3 Å². The molecule has 0 spiro atoms. The number of benzene rings is 1. The molecule has 0 saturated heterocycles. The number of anilines is 1. The highest BCUT2D eigenvalue weighted by Gasteiger charge is 2.20. The van der Waals surface area contributed by atoms with Gasteiger partial charge in [-0.2, -0.15) is 0 Å². The molecule has 0 aliphatic heterocycles. The second-order valence-corrected chi connectivity index (χ2v) is 7.73. The average molecular weight is 381 g/mol. The first-order valence-corrected chi connectivity index (χ1v) is 8.36. The van der Waals surface area contributed by atoms with Crippen LogP contribution in [0.2, 0.25) is 0 Å². The molecule has 5 nitrogen and oxygen atoms in total. The lowest BCUT2D eigenvalue weighted by Crippen LogP contribution is -3.08. The van der Waals surface area contributed by atoms with Gasteiger partial charge in [-0.15, -0.1) is 0 Å². The zero-order valence-electron chi connectivity index (χ0n) is 13.9. The summed E-state index contributed by atoms with van der Waals surface area (Å²) in [5.74, 6) is 0.313. The number of rotatable bonds is 5. The minimum Gasteiger partial charge on any atom is -0.338 e. The molecule has 0 aliphatic rings. The van der Waals surface area contributed by atoms with Gasteiger partial charge in [0.25, 0.3) is 5.91 Å². The Hall–Kier alpha value is -1.66. The monoisotopic (exact) mass is 380 g/mol. The van der Waals surface area contributed by atoms with Crippen LogP contribution in [0, 0.1) is 0 Å². The van der Waals surface area contributed by atoms with Crippen LogP contribution < -0.4 is 10.2 Å². The van der Waals surface area contributed by atoms with Gasteiger partial charge < -0.3 is 9.42 Å². The Kier molecular flexibility index (Phi) is 5.59. The van der Waals surface area contributed by atoms with Gasteiger partial charge in [-0.3, -0.25) is 10.1 Å². The normalized spacial score (nSPS) is 12.9. The van der Waals surface area contributed by atoms with Crippen molar-refractivity contribution in [3.05, 3.63) is 46.1 Å². The SMILES string of the molecule is C[NH+](CC(=O)Nc1cc(C(C)(C)C)no1)Cc1ccc(Br)cc1. The van der Waals surface area contributed by atoms with Crippen molar-refractivity contribution in [3.8, 4) is 0 Å². The number of hydrogen-bond donors (Lipinski definition) is 2. The van der Waals surface area contributed by atoms with Crippen molar-refractivity contribution in [1.29, 1.82) is 0 Å². The van der Waals surface area contributed by atoms with Crippen molar-refractivity contribution in [2.75, 3.05) is 18.9 Å². The van der Waals surface area contributed by atoms with E-state index in [4.69, 9.17) is 4.52 Å². The van der Waals surface area contributed by atoms with E-state index < -0.39 is 0 Å². The number of carbonyl (C=O) groups excluding carboxylic acids is 1. The molecule has 23 heavy (non-hydrogen) atoms. The van der Waals surface area contributed by atoms with E-state index in [2.05, 4.69) is 38.5 Å². The molecule has 6 heteroatoms. The third-order valence-corrected chi connectivity index (χ3v) is 3.95. The van der Waals surface area contributed by atoms with Gasteiger partial charge in [-0.05, 0) is 12.1 Å². The molecule has 2 aromatic rings. The molecule has 2 rings (SSSR count). The van der Waals surface area contributed by atoms with E-state index in [0.29, 0.717) is 12.4 Å². The molecular weight excluding hydrogens is 358 g/mol. The lowest BCUT2D eigenvalue weighted by Gasteiger charge is -2.13. The fourth-order valence-electron chi connectivity index (χ4n) is 2.16. The first kappa shape index (κ1) is 17.7. The van der Waals surface area contributed by atoms with E-state index in [1.54, 1.807) is 6.07 Å². The number of quaternary nitrogens is 1. The Bertz CT molecular complexity index is 659. The van der Waals surface area contributed by atoms with Crippen LogP contribution in [-0.2, 0) is 16.8 Å². The molecular formula is C17H23BrN3O2+. The molecule has 2 N–H and O–H groups in total. The van der Waals surface area contributed by atoms with Crippen LogP contribution in [-0.4, -0.2) is 24.7 Å². The van der Waals surface area contributed by atoms with Gasteiger partial charge in [0, 0.05) is 21.5 Å². The van der Waals surface area contributed by atoms with Gasteiger partial charge in [0.2, 0.25) is 5.88 Å². The first-order chi connectivity index (χ1) is 10.7. The Morgan fingerprint density at radius 1 is 1.30 bits per heavy atom. The molecule has 1 aromatic heterocycles. The number of aromatic nitrogens is 1. The molecule has 0 aliphatic carbocycles. The Balaban J connectivity index is 1.86. The maximum absolute atomic E-state index is 12.1. The number of amides is 1. The Morgan fingerprint density at radius 2 is 1.96 bits per heavy atom.